The smallest absolute Gasteiger partial charge is 1.00 e. The molecule has 0 aliphatic heterocycles. The third kappa shape index (κ3) is 44.3. The first-order valence-electron chi connectivity index (χ1n) is 12.6. The summed E-state index contributed by atoms with van der Waals surface area (Å²) in [7, 11) is 1.50. The van der Waals surface area contributed by atoms with E-state index in [2.05, 4.69) is 93.7 Å². The second-order valence-corrected chi connectivity index (χ2v) is 13.6. The van der Waals surface area contributed by atoms with Gasteiger partial charge in [0.05, 0.1) is 0 Å². The Bertz CT molecular complexity index is 607. The van der Waals surface area contributed by atoms with Crippen molar-refractivity contribution in [3.63, 3.8) is 0 Å². The number of hydrogen-bond acceptors (Lipinski definition) is 0. The van der Waals surface area contributed by atoms with Gasteiger partial charge in [-0.2, -0.15) is 22.3 Å². The summed E-state index contributed by atoms with van der Waals surface area (Å²) in [5.74, 6) is 1.12. The summed E-state index contributed by atoms with van der Waals surface area (Å²) in [5, 5.41) is 0. The molecular weight excluding hydrogens is 611 g/mol. The van der Waals surface area contributed by atoms with E-state index in [0.717, 1.165) is 19.0 Å². The van der Waals surface area contributed by atoms with Crippen molar-refractivity contribution in [2.45, 2.75) is 134 Å². The summed E-state index contributed by atoms with van der Waals surface area (Å²) >= 11 is 0. The molecule has 2 unspecified atom stereocenters. The van der Waals surface area contributed by atoms with Crippen LogP contribution in [0, 0.1) is 24.0 Å². The summed E-state index contributed by atoms with van der Waals surface area (Å²) in [6, 6.07) is 0. The average Bonchev–Trinajstić information content (AvgIpc) is 2.97. The van der Waals surface area contributed by atoms with Gasteiger partial charge in [0.15, 0.2) is 0 Å². The Hall–Kier alpha value is 1.32. The Morgan fingerprint density at radius 1 is 0.553 bits per heavy atom. The fraction of sp³-hybridized carbons (Fsp3) is 0.733. The van der Waals surface area contributed by atoms with E-state index in [0.29, 0.717) is 11.8 Å². The second kappa shape index (κ2) is 31.3. The van der Waals surface area contributed by atoms with Crippen molar-refractivity contribution in [1.29, 1.82) is 0 Å². The molecule has 0 aromatic heterocycles. The Balaban J connectivity index is -0.0000000489. The predicted molar refractivity (Wildman–Crippen MR) is 166 cm³/mol. The zero-order valence-electron chi connectivity index (χ0n) is 28.1. The molecule has 2 N–H and O–H groups in total. The van der Waals surface area contributed by atoms with Crippen molar-refractivity contribution in [3.8, 4) is 0 Å². The first-order valence-corrected chi connectivity index (χ1v) is 17.2. The molecule has 38 heavy (non-hydrogen) atoms. The minimum Gasteiger partial charge on any atom is -1.00 e. The molecule has 0 saturated heterocycles. The topological polar surface area (TPSA) is 47.6 Å². The molecule has 0 aromatic carbocycles. The standard InChI is InChI=1S/2C9H13.2C4H10N.2C2H7Si.2ClH.2Ti/c2*1-6-5-7(2)9(4)8(6)3;2*1-4(2,3)5;2*1-3-2;;;;/h2*6H,1-4H3;2*5H,1-3H3;2*3H,1-2H3;2*1H;;/q4*-1;;;;;2*+3/p-2. The van der Waals surface area contributed by atoms with Crippen LogP contribution >= 0.6 is 0 Å². The van der Waals surface area contributed by atoms with Crippen molar-refractivity contribution >= 4 is 19.0 Å². The van der Waals surface area contributed by atoms with E-state index in [-0.39, 0.29) is 79.3 Å². The van der Waals surface area contributed by atoms with Crippen LogP contribution in [0.2, 0.25) is 26.2 Å². The van der Waals surface area contributed by atoms with Gasteiger partial charge < -0.3 is 36.3 Å². The molecule has 2 aliphatic carbocycles. The van der Waals surface area contributed by atoms with Crippen molar-refractivity contribution in [2.24, 2.45) is 11.8 Å². The van der Waals surface area contributed by atoms with Crippen LogP contribution in [0.15, 0.2) is 33.4 Å². The van der Waals surface area contributed by atoms with E-state index in [1.54, 1.807) is 0 Å². The number of halogens is 2. The monoisotopic (exact) mass is 670 g/mol. The van der Waals surface area contributed by atoms with Gasteiger partial charge in [0.2, 0.25) is 0 Å². The minimum atomic E-state index is -0.250. The minimum absolute atomic E-state index is 0. The van der Waals surface area contributed by atoms with Gasteiger partial charge in [0, 0.05) is 19.0 Å². The summed E-state index contributed by atoms with van der Waals surface area (Å²) in [6.07, 6.45) is 6.72. The Morgan fingerprint density at radius 2 is 0.684 bits per heavy atom. The molecular formula is C30H60Cl2N2Si2Ti2. The maximum atomic E-state index is 6.94. The molecule has 2 atom stereocenters. The normalized spacial score (nSPS) is 16.9. The average molecular weight is 672 g/mol. The number of rotatable bonds is 0. The molecule has 2 nitrogen and oxygen atoms in total. The largest absolute Gasteiger partial charge is 3.00 e. The maximum Gasteiger partial charge on any atom is 3.00 e. The van der Waals surface area contributed by atoms with Gasteiger partial charge in [0.1, 0.15) is 0 Å². The third-order valence-corrected chi connectivity index (χ3v) is 4.47. The SMILES string of the molecule is CC(C)(C)[NH-].CC(C)(C)[NH-].CC1=[C-]C(C)C(C)=C1C.CC1=[C-]C(C)C(C)=C1C.C[SiH]C.C[SiH]C.[Cl-].[Cl-].[Ti+3].[Ti+3]. The van der Waals surface area contributed by atoms with Crippen molar-refractivity contribution in [3.05, 3.63) is 57.1 Å². The van der Waals surface area contributed by atoms with Crippen LogP contribution < -0.4 is 24.8 Å². The molecule has 0 fully saturated rings. The molecule has 220 valence electrons. The second-order valence-electron chi connectivity index (χ2n) is 11.3. The van der Waals surface area contributed by atoms with Gasteiger partial charge in [-0.05, 0) is 0 Å². The summed E-state index contributed by atoms with van der Waals surface area (Å²) in [6.45, 7) is 37.3. The van der Waals surface area contributed by atoms with Crippen LogP contribution in [0.3, 0.4) is 0 Å². The van der Waals surface area contributed by atoms with Crippen LogP contribution in [0.5, 0.6) is 0 Å². The Morgan fingerprint density at radius 3 is 0.711 bits per heavy atom. The van der Waals surface area contributed by atoms with E-state index < -0.39 is 0 Å². The van der Waals surface area contributed by atoms with E-state index in [9.17, 15) is 0 Å². The molecule has 2 aliphatic rings. The van der Waals surface area contributed by atoms with Gasteiger partial charge in [-0.25, -0.2) is 11.1 Å². The van der Waals surface area contributed by atoms with Crippen LogP contribution in [0.4, 0.5) is 0 Å². The van der Waals surface area contributed by atoms with Crippen LogP contribution in [-0.2, 0) is 43.4 Å². The quantitative estimate of drug-likeness (QED) is 0.275. The van der Waals surface area contributed by atoms with Gasteiger partial charge in [0.25, 0.3) is 0 Å². The summed E-state index contributed by atoms with van der Waals surface area (Å²) < 4.78 is 0. The number of hydrogen-bond donors (Lipinski definition) is 0. The molecule has 8 heteroatoms. The first kappa shape index (κ1) is 58.9. The fourth-order valence-corrected chi connectivity index (χ4v) is 2.32. The zero-order valence-corrected chi connectivity index (χ0v) is 35.0. The van der Waals surface area contributed by atoms with Crippen molar-refractivity contribution in [1.82, 2.24) is 0 Å². The molecule has 0 aromatic rings. The van der Waals surface area contributed by atoms with E-state index in [1.807, 2.05) is 41.5 Å². The van der Waals surface area contributed by atoms with Gasteiger partial charge >= 0.3 is 43.4 Å². The Kier molecular flexibility index (Phi) is 48.4. The van der Waals surface area contributed by atoms with E-state index in [1.165, 1.54) is 33.4 Å². The zero-order chi connectivity index (χ0) is 28.4. The molecule has 0 spiro atoms. The molecule has 4 radical (unpaired) electrons. The third-order valence-electron chi connectivity index (χ3n) is 4.47. The fourth-order valence-electron chi connectivity index (χ4n) is 2.32. The van der Waals surface area contributed by atoms with Gasteiger partial charge in [-0.15, -0.1) is 24.9 Å². The molecule has 0 bridgehead atoms. The number of nitrogens with one attached hydrogen (secondary N) is 2. The van der Waals surface area contributed by atoms with Crippen LogP contribution in [-0.4, -0.2) is 30.1 Å². The van der Waals surface area contributed by atoms with Crippen molar-refractivity contribution < 1.29 is 68.2 Å². The van der Waals surface area contributed by atoms with Crippen LogP contribution in [0.1, 0.15) is 96.9 Å². The summed E-state index contributed by atoms with van der Waals surface area (Å²) in [5.41, 5.74) is 21.9. The molecule has 0 heterocycles. The van der Waals surface area contributed by atoms with Gasteiger partial charge in [-0.1, -0.05) is 121 Å². The Labute approximate surface area is 288 Å². The van der Waals surface area contributed by atoms with Crippen LogP contribution in [0.25, 0.3) is 11.5 Å². The van der Waals surface area contributed by atoms with Gasteiger partial charge in [-0.3, -0.25) is 12.2 Å². The maximum absolute atomic E-state index is 6.94. The molecule has 2 rings (SSSR count). The van der Waals surface area contributed by atoms with E-state index in [4.69, 9.17) is 11.5 Å². The summed E-state index contributed by atoms with van der Waals surface area (Å²) in [4.78, 5) is 0. The first-order chi connectivity index (χ1) is 15.1. The van der Waals surface area contributed by atoms with E-state index >= 15 is 0 Å². The predicted octanol–water partition coefficient (Wildman–Crippen LogP) is 4.16. The number of allylic oxidation sites excluding steroid dienone is 8. The van der Waals surface area contributed by atoms with Crippen molar-refractivity contribution in [2.75, 3.05) is 0 Å². The molecule has 0 amide bonds. The molecule has 0 saturated carbocycles.